The van der Waals surface area contributed by atoms with Gasteiger partial charge in [0.25, 0.3) is 0 Å². The number of imidazole rings is 1. The van der Waals surface area contributed by atoms with Gasteiger partial charge >= 0.3 is 0 Å². The number of hydrogen-bond donors (Lipinski definition) is 1. The molecule has 2 fully saturated rings. The van der Waals surface area contributed by atoms with E-state index in [0.717, 1.165) is 13.1 Å². The molecule has 106 valence electrons. The fraction of sp³-hybridized carbons (Fsp3) is 0.800. The van der Waals surface area contributed by atoms with Crippen LogP contribution in [0.1, 0.15) is 43.8 Å². The summed E-state index contributed by atoms with van der Waals surface area (Å²) in [6.45, 7) is 7.09. The first kappa shape index (κ1) is 13.1. The summed E-state index contributed by atoms with van der Waals surface area (Å²) in [7, 11) is 2.23. The summed E-state index contributed by atoms with van der Waals surface area (Å²) >= 11 is 0. The summed E-state index contributed by atoms with van der Waals surface area (Å²) in [4.78, 5) is 6.90. The fourth-order valence-corrected chi connectivity index (χ4v) is 3.78. The van der Waals surface area contributed by atoms with Crippen LogP contribution in [0.4, 0.5) is 0 Å². The maximum Gasteiger partial charge on any atom is 0.0950 e. The first-order valence-electron chi connectivity index (χ1n) is 7.66. The molecule has 0 aromatic carbocycles. The van der Waals surface area contributed by atoms with Gasteiger partial charge < -0.3 is 14.8 Å². The summed E-state index contributed by atoms with van der Waals surface area (Å²) in [5.41, 5.74) is 1.47. The van der Waals surface area contributed by atoms with Crippen molar-refractivity contribution < 1.29 is 0 Å². The van der Waals surface area contributed by atoms with Gasteiger partial charge in [-0.2, -0.15) is 0 Å². The fourth-order valence-electron chi connectivity index (χ4n) is 3.78. The minimum atomic E-state index is 0.642. The summed E-state index contributed by atoms with van der Waals surface area (Å²) < 4.78 is 2.49. The van der Waals surface area contributed by atoms with Crippen LogP contribution in [-0.2, 0) is 0 Å². The molecule has 0 saturated carbocycles. The van der Waals surface area contributed by atoms with Crippen LogP contribution in [0.2, 0.25) is 0 Å². The average molecular weight is 262 g/mol. The Hall–Kier alpha value is -0.870. The predicted octanol–water partition coefficient (Wildman–Crippen LogP) is 1.86. The molecule has 3 rings (SSSR count). The number of nitrogens with one attached hydrogen (secondary N) is 1. The van der Waals surface area contributed by atoms with Crippen LogP contribution >= 0.6 is 0 Å². The van der Waals surface area contributed by atoms with Gasteiger partial charge in [0.05, 0.1) is 6.33 Å². The van der Waals surface area contributed by atoms with E-state index < -0.39 is 0 Å². The third kappa shape index (κ3) is 2.70. The van der Waals surface area contributed by atoms with E-state index in [-0.39, 0.29) is 0 Å². The van der Waals surface area contributed by atoms with Gasteiger partial charge in [0.15, 0.2) is 0 Å². The first-order valence-corrected chi connectivity index (χ1v) is 7.66. The third-order valence-corrected chi connectivity index (χ3v) is 4.87. The zero-order valence-corrected chi connectivity index (χ0v) is 12.2. The molecule has 2 saturated heterocycles. The molecule has 3 heterocycles. The van der Waals surface area contributed by atoms with Gasteiger partial charge in [-0.1, -0.05) is 6.92 Å². The minimum absolute atomic E-state index is 0.642. The molecule has 4 nitrogen and oxygen atoms in total. The van der Waals surface area contributed by atoms with Crippen molar-refractivity contribution >= 4 is 0 Å². The lowest BCUT2D eigenvalue weighted by atomic mass is 9.91. The Labute approximate surface area is 116 Å². The zero-order chi connectivity index (χ0) is 13.2. The number of nitrogens with zero attached hydrogens (tertiary/aromatic N) is 3. The van der Waals surface area contributed by atoms with Crippen molar-refractivity contribution in [1.29, 1.82) is 0 Å². The quantitative estimate of drug-likeness (QED) is 0.883. The minimum Gasteiger partial charge on any atom is -0.331 e. The highest BCUT2D eigenvalue weighted by Gasteiger charge is 2.29. The van der Waals surface area contributed by atoms with E-state index >= 15 is 0 Å². The first-order chi connectivity index (χ1) is 9.25. The lowest BCUT2D eigenvalue weighted by Gasteiger charge is -2.37. The molecule has 4 heteroatoms. The van der Waals surface area contributed by atoms with Crippen LogP contribution in [0, 0.1) is 5.92 Å². The molecule has 2 unspecified atom stereocenters. The second-order valence-corrected chi connectivity index (χ2v) is 6.35. The molecule has 0 amide bonds. The topological polar surface area (TPSA) is 33.1 Å². The number of hydrogen-bond acceptors (Lipinski definition) is 3. The molecule has 1 aromatic heterocycles. The molecule has 2 atom stereocenters. The Kier molecular flexibility index (Phi) is 3.89. The Bertz CT molecular complexity index is 408. The third-order valence-electron chi connectivity index (χ3n) is 4.87. The highest BCUT2D eigenvalue weighted by atomic mass is 15.2. The lowest BCUT2D eigenvalue weighted by Crippen LogP contribution is -2.38. The van der Waals surface area contributed by atoms with Crippen LogP contribution in [0.15, 0.2) is 12.5 Å². The zero-order valence-electron chi connectivity index (χ0n) is 12.2. The Morgan fingerprint density at radius 1 is 1.26 bits per heavy atom. The van der Waals surface area contributed by atoms with Crippen LogP contribution in [0.5, 0.6) is 0 Å². The normalized spacial score (nSPS) is 30.6. The molecule has 0 aliphatic carbocycles. The van der Waals surface area contributed by atoms with Crippen molar-refractivity contribution in [3.05, 3.63) is 18.2 Å². The summed E-state index contributed by atoms with van der Waals surface area (Å²) in [5, 5.41) is 3.45. The molecule has 2 aliphatic heterocycles. The van der Waals surface area contributed by atoms with Gasteiger partial charge in [0, 0.05) is 30.4 Å². The van der Waals surface area contributed by atoms with Crippen LogP contribution in [0.25, 0.3) is 0 Å². The molecular formula is C15H26N4. The van der Waals surface area contributed by atoms with Gasteiger partial charge in [0.2, 0.25) is 0 Å². The largest absolute Gasteiger partial charge is 0.331 e. The summed E-state index contributed by atoms with van der Waals surface area (Å²) in [6, 6.07) is 0.642. The van der Waals surface area contributed by atoms with Crippen molar-refractivity contribution in [2.45, 2.75) is 38.1 Å². The van der Waals surface area contributed by atoms with E-state index in [4.69, 9.17) is 0 Å². The van der Waals surface area contributed by atoms with Gasteiger partial charge in [-0.05, 0) is 51.9 Å². The standard InChI is InChI=1S/C15H26N4/c1-12-10-18(2)8-5-14(12)19-11-17-9-15(19)13-3-6-16-7-4-13/h9,11-14,16H,3-8,10H2,1-2H3. The second-order valence-electron chi connectivity index (χ2n) is 6.35. The monoisotopic (exact) mass is 262 g/mol. The van der Waals surface area contributed by atoms with Gasteiger partial charge in [-0.25, -0.2) is 4.98 Å². The number of likely N-dealkylation sites (tertiary alicyclic amines) is 1. The molecule has 2 aliphatic rings. The SMILES string of the molecule is CC1CN(C)CCC1n1cncc1C1CCNCC1. The van der Waals surface area contributed by atoms with Crippen LogP contribution < -0.4 is 5.32 Å². The molecule has 1 N–H and O–H groups in total. The number of aromatic nitrogens is 2. The van der Waals surface area contributed by atoms with Crippen molar-refractivity contribution in [1.82, 2.24) is 19.8 Å². The van der Waals surface area contributed by atoms with E-state index in [9.17, 15) is 0 Å². The Morgan fingerprint density at radius 2 is 2.05 bits per heavy atom. The molecule has 19 heavy (non-hydrogen) atoms. The van der Waals surface area contributed by atoms with Crippen molar-refractivity contribution in [2.24, 2.45) is 5.92 Å². The van der Waals surface area contributed by atoms with E-state index in [0.29, 0.717) is 17.9 Å². The van der Waals surface area contributed by atoms with E-state index in [2.05, 4.69) is 46.3 Å². The molecule has 0 spiro atoms. The highest BCUT2D eigenvalue weighted by molar-refractivity contribution is 5.10. The predicted molar refractivity (Wildman–Crippen MR) is 77.4 cm³/mol. The number of piperidine rings is 2. The molecule has 0 bridgehead atoms. The van der Waals surface area contributed by atoms with Crippen LogP contribution in [-0.4, -0.2) is 47.7 Å². The van der Waals surface area contributed by atoms with E-state index in [1.807, 2.05) is 0 Å². The molecular weight excluding hydrogens is 236 g/mol. The average Bonchev–Trinajstić information content (AvgIpc) is 2.89. The highest BCUT2D eigenvalue weighted by Crippen LogP contribution is 2.33. The summed E-state index contributed by atoms with van der Waals surface area (Å²) in [5.74, 6) is 1.42. The van der Waals surface area contributed by atoms with Crippen LogP contribution in [0.3, 0.4) is 0 Å². The Balaban J connectivity index is 1.79. The molecule has 0 radical (unpaired) electrons. The Morgan fingerprint density at radius 3 is 2.79 bits per heavy atom. The lowest BCUT2D eigenvalue weighted by molar-refractivity contribution is 0.155. The van der Waals surface area contributed by atoms with E-state index in [1.54, 1.807) is 0 Å². The summed E-state index contributed by atoms with van der Waals surface area (Å²) in [6.07, 6.45) is 7.95. The van der Waals surface area contributed by atoms with Crippen molar-refractivity contribution in [2.75, 3.05) is 33.2 Å². The van der Waals surface area contributed by atoms with Gasteiger partial charge in [-0.3, -0.25) is 0 Å². The molecule has 1 aromatic rings. The maximum absolute atomic E-state index is 4.45. The number of rotatable bonds is 2. The van der Waals surface area contributed by atoms with Crippen molar-refractivity contribution in [3.8, 4) is 0 Å². The smallest absolute Gasteiger partial charge is 0.0950 e. The van der Waals surface area contributed by atoms with Crippen molar-refractivity contribution in [3.63, 3.8) is 0 Å². The maximum atomic E-state index is 4.45. The van der Waals surface area contributed by atoms with Gasteiger partial charge in [0.1, 0.15) is 0 Å². The van der Waals surface area contributed by atoms with Gasteiger partial charge in [-0.15, -0.1) is 0 Å². The van der Waals surface area contributed by atoms with E-state index in [1.165, 1.54) is 38.0 Å². The second kappa shape index (κ2) is 5.63.